The standard InChI is InChI=1S/C9H18ClN/c1-11(7-6-10)8-9-4-2-3-5-9/h9H,2-8H2,1H3. The van der Waals surface area contributed by atoms with E-state index in [1.165, 1.54) is 32.2 Å². The zero-order valence-corrected chi connectivity index (χ0v) is 8.11. The molecule has 0 amide bonds. The first-order chi connectivity index (χ1) is 5.33. The molecule has 0 spiro atoms. The molecule has 0 aromatic heterocycles. The van der Waals surface area contributed by atoms with Gasteiger partial charge in [-0.3, -0.25) is 0 Å². The number of rotatable bonds is 4. The lowest BCUT2D eigenvalue weighted by Gasteiger charge is -2.19. The number of alkyl halides is 1. The highest BCUT2D eigenvalue weighted by molar-refractivity contribution is 6.18. The van der Waals surface area contributed by atoms with Gasteiger partial charge < -0.3 is 4.90 Å². The smallest absolute Gasteiger partial charge is 0.0351 e. The second-order valence-electron chi connectivity index (χ2n) is 3.60. The van der Waals surface area contributed by atoms with Crippen molar-refractivity contribution in [3.05, 3.63) is 0 Å². The van der Waals surface area contributed by atoms with Crippen LogP contribution in [0.5, 0.6) is 0 Å². The molecule has 1 saturated carbocycles. The van der Waals surface area contributed by atoms with E-state index < -0.39 is 0 Å². The molecule has 0 N–H and O–H groups in total. The van der Waals surface area contributed by atoms with Crippen LogP contribution in [-0.4, -0.2) is 30.9 Å². The van der Waals surface area contributed by atoms with Gasteiger partial charge in [-0.25, -0.2) is 0 Å². The molecule has 2 heteroatoms. The van der Waals surface area contributed by atoms with Gasteiger partial charge in [0.1, 0.15) is 0 Å². The normalized spacial score (nSPS) is 19.9. The molecule has 0 aliphatic heterocycles. The minimum Gasteiger partial charge on any atom is -0.305 e. The van der Waals surface area contributed by atoms with E-state index in [0.29, 0.717) is 0 Å². The average molecular weight is 176 g/mol. The molecule has 0 bridgehead atoms. The summed E-state index contributed by atoms with van der Waals surface area (Å²) in [6.45, 7) is 2.30. The zero-order chi connectivity index (χ0) is 8.10. The third kappa shape index (κ3) is 3.44. The highest BCUT2D eigenvalue weighted by Crippen LogP contribution is 2.24. The molecule has 0 unspecified atom stereocenters. The number of hydrogen-bond acceptors (Lipinski definition) is 1. The van der Waals surface area contributed by atoms with Crippen molar-refractivity contribution in [2.45, 2.75) is 25.7 Å². The lowest BCUT2D eigenvalue weighted by atomic mass is 10.1. The lowest BCUT2D eigenvalue weighted by Crippen LogP contribution is -2.26. The van der Waals surface area contributed by atoms with Crippen LogP contribution >= 0.6 is 11.6 Å². The van der Waals surface area contributed by atoms with Crippen LogP contribution in [0.4, 0.5) is 0 Å². The maximum Gasteiger partial charge on any atom is 0.0351 e. The molecule has 66 valence electrons. The first kappa shape index (κ1) is 9.34. The van der Waals surface area contributed by atoms with E-state index in [1.807, 2.05) is 0 Å². The van der Waals surface area contributed by atoms with E-state index >= 15 is 0 Å². The fourth-order valence-corrected chi connectivity index (χ4v) is 2.16. The van der Waals surface area contributed by atoms with Crippen molar-refractivity contribution < 1.29 is 0 Å². The fourth-order valence-electron chi connectivity index (χ4n) is 1.87. The zero-order valence-electron chi connectivity index (χ0n) is 7.35. The Morgan fingerprint density at radius 2 is 2.00 bits per heavy atom. The first-order valence-electron chi connectivity index (χ1n) is 4.57. The molecule has 0 saturated heterocycles. The third-order valence-electron chi connectivity index (χ3n) is 2.51. The van der Waals surface area contributed by atoms with Crippen LogP contribution in [0.25, 0.3) is 0 Å². The predicted octanol–water partition coefficient (Wildman–Crippen LogP) is 2.35. The maximum absolute atomic E-state index is 5.64. The Balaban J connectivity index is 2.08. The summed E-state index contributed by atoms with van der Waals surface area (Å²) in [5.41, 5.74) is 0. The molecule has 1 aliphatic carbocycles. The summed E-state index contributed by atoms with van der Waals surface area (Å²) in [5.74, 6) is 1.73. The molecule has 11 heavy (non-hydrogen) atoms. The van der Waals surface area contributed by atoms with Gasteiger partial charge in [-0.1, -0.05) is 12.8 Å². The van der Waals surface area contributed by atoms with Crippen molar-refractivity contribution in [1.82, 2.24) is 4.90 Å². The predicted molar refractivity (Wildman–Crippen MR) is 50.2 cm³/mol. The Bertz CT molecular complexity index is 99.7. The monoisotopic (exact) mass is 175 g/mol. The minimum atomic E-state index is 0.767. The SMILES string of the molecule is CN(CCCl)CC1CCCC1. The van der Waals surface area contributed by atoms with E-state index in [2.05, 4.69) is 11.9 Å². The summed E-state index contributed by atoms with van der Waals surface area (Å²) in [6, 6.07) is 0. The molecule has 0 heterocycles. The number of hydrogen-bond donors (Lipinski definition) is 0. The molecular formula is C9H18ClN. The van der Waals surface area contributed by atoms with Crippen molar-refractivity contribution >= 4 is 11.6 Å². The van der Waals surface area contributed by atoms with Gasteiger partial charge in [-0.2, -0.15) is 0 Å². The Morgan fingerprint density at radius 3 is 2.55 bits per heavy atom. The van der Waals surface area contributed by atoms with Crippen LogP contribution < -0.4 is 0 Å². The summed E-state index contributed by atoms with van der Waals surface area (Å²) in [4.78, 5) is 2.35. The van der Waals surface area contributed by atoms with Gasteiger partial charge >= 0.3 is 0 Å². The Morgan fingerprint density at radius 1 is 1.36 bits per heavy atom. The highest BCUT2D eigenvalue weighted by Gasteiger charge is 2.15. The van der Waals surface area contributed by atoms with Gasteiger partial charge in [-0.15, -0.1) is 11.6 Å². The van der Waals surface area contributed by atoms with Gasteiger partial charge in [0, 0.05) is 19.0 Å². The second kappa shape index (κ2) is 5.00. The fraction of sp³-hybridized carbons (Fsp3) is 1.00. The Kier molecular flexibility index (Phi) is 4.24. The van der Waals surface area contributed by atoms with E-state index in [4.69, 9.17) is 11.6 Å². The molecule has 1 fully saturated rings. The maximum atomic E-state index is 5.64. The van der Waals surface area contributed by atoms with Crippen molar-refractivity contribution in [3.8, 4) is 0 Å². The molecule has 0 aromatic rings. The summed E-state index contributed by atoms with van der Waals surface area (Å²) in [5, 5.41) is 0. The highest BCUT2D eigenvalue weighted by atomic mass is 35.5. The van der Waals surface area contributed by atoms with Crippen LogP contribution in [0, 0.1) is 5.92 Å². The van der Waals surface area contributed by atoms with E-state index in [-0.39, 0.29) is 0 Å². The van der Waals surface area contributed by atoms with E-state index in [0.717, 1.165) is 18.3 Å². The van der Waals surface area contributed by atoms with E-state index in [9.17, 15) is 0 Å². The molecule has 0 atom stereocenters. The number of halogens is 1. The molecule has 1 rings (SSSR count). The van der Waals surface area contributed by atoms with Crippen LogP contribution in [0.15, 0.2) is 0 Å². The topological polar surface area (TPSA) is 3.24 Å². The van der Waals surface area contributed by atoms with Gasteiger partial charge in [0.25, 0.3) is 0 Å². The summed E-state index contributed by atoms with van der Waals surface area (Å²) >= 11 is 5.64. The summed E-state index contributed by atoms with van der Waals surface area (Å²) in [6.07, 6.45) is 5.76. The van der Waals surface area contributed by atoms with Crippen molar-refractivity contribution in [3.63, 3.8) is 0 Å². The quantitative estimate of drug-likeness (QED) is 0.593. The average Bonchev–Trinajstić information content (AvgIpc) is 2.40. The lowest BCUT2D eigenvalue weighted by molar-refractivity contribution is 0.292. The number of nitrogens with zero attached hydrogens (tertiary/aromatic N) is 1. The Labute approximate surface area is 74.7 Å². The Hall–Kier alpha value is 0.250. The molecule has 0 radical (unpaired) electrons. The molecule has 0 aromatic carbocycles. The van der Waals surface area contributed by atoms with Crippen molar-refractivity contribution in [1.29, 1.82) is 0 Å². The van der Waals surface area contributed by atoms with Crippen LogP contribution in [0.2, 0.25) is 0 Å². The van der Waals surface area contributed by atoms with Crippen LogP contribution in [-0.2, 0) is 0 Å². The van der Waals surface area contributed by atoms with Gasteiger partial charge in [-0.05, 0) is 25.8 Å². The third-order valence-corrected chi connectivity index (χ3v) is 2.68. The van der Waals surface area contributed by atoms with Crippen molar-refractivity contribution in [2.75, 3.05) is 26.0 Å². The van der Waals surface area contributed by atoms with Gasteiger partial charge in [0.05, 0.1) is 0 Å². The largest absolute Gasteiger partial charge is 0.305 e. The van der Waals surface area contributed by atoms with Crippen LogP contribution in [0.1, 0.15) is 25.7 Å². The minimum absolute atomic E-state index is 0.767. The van der Waals surface area contributed by atoms with Gasteiger partial charge in [0.2, 0.25) is 0 Å². The van der Waals surface area contributed by atoms with E-state index in [1.54, 1.807) is 0 Å². The first-order valence-corrected chi connectivity index (χ1v) is 5.11. The molecule has 1 aliphatic rings. The summed E-state index contributed by atoms with van der Waals surface area (Å²) < 4.78 is 0. The molecule has 1 nitrogen and oxygen atoms in total. The summed E-state index contributed by atoms with van der Waals surface area (Å²) in [7, 11) is 2.17. The second-order valence-corrected chi connectivity index (χ2v) is 3.98. The molecular weight excluding hydrogens is 158 g/mol. The van der Waals surface area contributed by atoms with Gasteiger partial charge in [0.15, 0.2) is 0 Å². The van der Waals surface area contributed by atoms with Crippen LogP contribution in [0.3, 0.4) is 0 Å². The van der Waals surface area contributed by atoms with Crippen molar-refractivity contribution in [2.24, 2.45) is 5.92 Å².